The van der Waals surface area contributed by atoms with Crippen molar-refractivity contribution in [2.24, 2.45) is 0 Å². The van der Waals surface area contributed by atoms with Crippen molar-refractivity contribution in [3.05, 3.63) is 58.3 Å². The SMILES string of the molecule is Nc1cc(NC(=O)c2ccc(F)cc2)ccc1Br. The first-order chi connectivity index (χ1) is 8.56. The lowest BCUT2D eigenvalue weighted by Gasteiger charge is -2.07. The summed E-state index contributed by atoms with van der Waals surface area (Å²) in [4.78, 5) is 11.8. The smallest absolute Gasteiger partial charge is 0.255 e. The Bertz CT molecular complexity index is 584. The summed E-state index contributed by atoms with van der Waals surface area (Å²) in [5.74, 6) is -0.684. The van der Waals surface area contributed by atoms with E-state index in [-0.39, 0.29) is 11.7 Å². The van der Waals surface area contributed by atoms with Gasteiger partial charge in [0.25, 0.3) is 5.91 Å². The summed E-state index contributed by atoms with van der Waals surface area (Å²) in [6.07, 6.45) is 0. The third-order valence-electron chi connectivity index (χ3n) is 2.36. The Hall–Kier alpha value is -1.88. The van der Waals surface area contributed by atoms with Crippen molar-refractivity contribution >= 4 is 33.2 Å². The highest BCUT2D eigenvalue weighted by molar-refractivity contribution is 9.10. The minimum Gasteiger partial charge on any atom is -0.398 e. The maximum absolute atomic E-state index is 12.7. The van der Waals surface area contributed by atoms with Crippen LogP contribution in [0.4, 0.5) is 15.8 Å². The maximum atomic E-state index is 12.7. The van der Waals surface area contributed by atoms with Crippen LogP contribution in [-0.2, 0) is 0 Å². The zero-order valence-electron chi connectivity index (χ0n) is 9.28. The van der Waals surface area contributed by atoms with Gasteiger partial charge in [-0.05, 0) is 58.4 Å². The molecule has 0 saturated heterocycles. The first-order valence-corrected chi connectivity index (χ1v) is 5.97. The van der Waals surface area contributed by atoms with Crippen LogP contribution in [0, 0.1) is 5.82 Å². The highest BCUT2D eigenvalue weighted by Crippen LogP contribution is 2.23. The van der Waals surface area contributed by atoms with Gasteiger partial charge in [-0.2, -0.15) is 0 Å². The van der Waals surface area contributed by atoms with E-state index in [4.69, 9.17) is 5.73 Å². The topological polar surface area (TPSA) is 55.1 Å². The van der Waals surface area contributed by atoms with E-state index in [1.54, 1.807) is 18.2 Å². The minimum atomic E-state index is -0.376. The molecule has 0 fully saturated rings. The summed E-state index contributed by atoms with van der Waals surface area (Å²) in [6.45, 7) is 0. The van der Waals surface area contributed by atoms with Crippen LogP contribution in [0.5, 0.6) is 0 Å². The Morgan fingerprint density at radius 3 is 2.44 bits per heavy atom. The summed E-state index contributed by atoms with van der Waals surface area (Å²) in [5.41, 5.74) is 7.22. The van der Waals surface area contributed by atoms with E-state index in [2.05, 4.69) is 21.2 Å². The quantitative estimate of drug-likeness (QED) is 0.835. The number of carbonyl (C=O) groups is 1. The van der Waals surface area contributed by atoms with Gasteiger partial charge < -0.3 is 11.1 Å². The molecule has 0 radical (unpaired) electrons. The lowest BCUT2D eigenvalue weighted by atomic mass is 10.2. The van der Waals surface area contributed by atoms with Gasteiger partial charge in [-0.3, -0.25) is 4.79 Å². The zero-order valence-corrected chi connectivity index (χ0v) is 10.9. The summed E-state index contributed by atoms with van der Waals surface area (Å²) >= 11 is 3.27. The molecule has 0 heterocycles. The number of carbonyl (C=O) groups excluding carboxylic acids is 1. The normalized spacial score (nSPS) is 10.1. The Labute approximate surface area is 112 Å². The van der Waals surface area contributed by atoms with Gasteiger partial charge in [-0.1, -0.05) is 0 Å². The van der Waals surface area contributed by atoms with Crippen LogP contribution in [0.1, 0.15) is 10.4 Å². The van der Waals surface area contributed by atoms with Crippen LogP contribution in [0.25, 0.3) is 0 Å². The summed E-state index contributed by atoms with van der Waals surface area (Å²) in [7, 11) is 0. The van der Waals surface area contributed by atoms with E-state index in [9.17, 15) is 9.18 Å². The van der Waals surface area contributed by atoms with Crippen LogP contribution in [0.3, 0.4) is 0 Å². The predicted molar refractivity (Wildman–Crippen MR) is 72.9 cm³/mol. The van der Waals surface area contributed by atoms with Crippen molar-refractivity contribution in [1.82, 2.24) is 0 Å². The molecule has 0 bridgehead atoms. The second-order valence-corrected chi connectivity index (χ2v) is 4.55. The molecule has 0 atom stereocenters. The number of nitrogen functional groups attached to an aromatic ring is 1. The predicted octanol–water partition coefficient (Wildman–Crippen LogP) is 3.42. The minimum absolute atomic E-state index is 0.309. The monoisotopic (exact) mass is 308 g/mol. The van der Waals surface area contributed by atoms with Crippen molar-refractivity contribution < 1.29 is 9.18 Å². The van der Waals surface area contributed by atoms with Crippen molar-refractivity contribution in [2.45, 2.75) is 0 Å². The maximum Gasteiger partial charge on any atom is 0.255 e. The molecule has 3 nitrogen and oxygen atoms in total. The van der Waals surface area contributed by atoms with Gasteiger partial charge in [0.15, 0.2) is 0 Å². The molecule has 0 spiro atoms. The lowest BCUT2D eigenvalue weighted by molar-refractivity contribution is 0.102. The molecule has 2 aromatic carbocycles. The number of rotatable bonds is 2. The van der Waals surface area contributed by atoms with Crippen molar-refractivity contribution in [3.63, 3.8) is 0 Å². The molecule has 2 aromatic rings. The Balaban J connectivity index is 2.16. The summed E-state index contributed by atoms with van der Waals surface area (Å²) in [5, 5.41) is 2.68. The van der Waals surface area contributed by atoms with Gasteiger partial charge >= 0.3 is 0 Å². The number of hydrogen-bond donors (Lipinski definition) is 2. The molecular weight excluding hydrogens is 299 g/mol. The molecule has 5 heteroatoms. The number of hydrogen-bond acceptors (Lipinski definition) is 2. The van der Waals surface area contributed by atoms with Gasteiger partial charge in [0.2, 0.25) is 0 Å². The second kappa shape index (κ2) is 5.18. The van der Waals surface area contributed by atoms with E-state index in [0.29, 0.717) is 16.9 Å². The van der Waals surface area contributed by atoms with E-state index in [0.717, 1.165) is 4.47 Å². The molecule has 92 valence electrons. The molecule has 0 aliphatic heterocycles. The number of nitrogens with two attached hydrogens (primary N) is 1. The molecular formula is C13H10BrFN2O. The zero-order chi connectivity index (χ0) is 13.1. The molecule has 1 amide bonds. The highest BCUT2D eigenvalue weighted by Gasteiger charge is 2.06. The molecule has 0 aliphatic carbocycles. The lowest BCUT2D eigenvalue weighted by Crippen LogP contribution is -2.11. The fourth-order valence-electron chi connectivity index (χ4n) is 1.43. The summed E-state index contributed by atoms with van der Waals surface area (Å²) in [6, 6.07) is 10.4. The number of nitrogens with one attached hydrogen (secondary N) is 1. The molecule has 0 unspecified atom stereocenters. The van der Waals surface area contributed by atoms with E-state index in [1.807, 2.05) is 0 Å². The van der Waals surface area contributed by atoms with Gasteiger partial charge in [0, 0.05) is 21.4 Å². The molecule has 0 aliphatic rings. The average molecular weight is 309 g/mol. The van der Waals surface area contributed by atoms with Gasteiger partial charge in [0.1, 0.15) is 5.82 Å². The third-order valence-corrected chi connectivity index (χ3v) is 3.08. The first kappa shape index (κ1) is 12.6. The number of anilines is 2. The molecule has 0 saturated carbocycles. The molecule has 2 rings (SSSR count). The van der Waals surface area contributed by atoms with Crippen LogP contribution < -0.4 is 11.1 Å². The number of benzene rings is 2. The Morgan fingerprint density at radius 2 is 1.83 bits per heavy atom. The molecule has 0 aromatic heterocycles. The van der Waals surface area contributed by atoms with Gasteiger partial charge in [-0.25, -0.2) is 4.39 Å². The van der Waals surface area contributed by atoms with Crippen molar-refractivity contribution in [1.29, 1.82) is 0 Å². The fourth-order valence-corrected chi connectivity index (χ4v) is 1.67. The first-order valence-electron chi connectivity index (χ1n) is 5.18. The van der Waals surface area contributed by atoms with Crippen molar-refractivity contribution in [3.8, 4) is 0 Å². The van der Waals surface area contributed by atoms with E-state index < -0.39 is 0 Å². The Morgan fingerprint density at radius 1 is 1.17 bits per heavy atom. The third kappa shape index (κ3) is 2.87. The average Bonchev–Trinajstić information content (AvgIpc) is 2.34. The highest BCUT2D eigenvalue weighted by atomic mass is 79.9. The fraction of sp³-hybridized carbons (Fsp3) is 0. The molecule has 18 heavy (non-hydrogen) atoms. The van der Waals surface area contributed by atoms with Crippen LogP contribution in [-0.4, -0.2) is 5.91 Å². The van der Waals surface area contributed by atoms with Crippen LogP contribution in [0.2, 0.25) is 0 Å². The standard InChI is InChI=1S/C13H10BrFN2O/c14-11-6-5-10(7-12(11)16)17-13(18)8-1-3-9(15)4-2-8/h1-7H,16H2,(H,17,18). The second-order valence-electron chi connectivity index (χ2n) is 3.70. The van der Waals surface area contributed by atoms with Crippen molar-refractivity contribution in [2.75, 3.05) is 11.1 Å². The summed E-state index contributed by atoms with van der Waals surface area (Å²) < 4.78 is 13.5. The molecule has 3 N–H and O–H groups in total. The largest absolute Gasteiger partial charge is 0.398 e. The van der Waals surface area contributed by atoms with Gasteiger partial charge in [-0.15, -0.1) is 0 Å². The number of amides is 1. The number of halogens is 2. The van der Waals surface area contributed by atoms with E-state index >= 15 is 0 Å². The van der Waals surface area contributed by atoms with Gasteiger partial charge in [0.05, 0.1) is 0 Å². The Kier molecular flexibility index (Phi) is 3.62. The van der Waals surface area contributed by atoms with Crippen LogP contribution in [0.15, 0.2) is 46.9 Å². The van der Waals surface area contributed by atoms with E-state index in [1.165, 1.54) is 24.3 Å². The van der Waals surface area contributed by atoms with Crippen LogP contribution >= 0.6 is 15.9 Å².